The molecule has 4 nitrogen and oxygen atoms in total. The summed E-state index contributed by atoms with van der Waals surface area (Å²) in [6, 6.07) is 25.4. The number of benzene rings is 4. The van der Waals surface area contributed by atoms with E-state index in [1.807, 2.05) is 31.2 Å². The lowest BCUT2D eigenvalue weighted by molar-refractivity contribution is 0.411. The second-order valence-corrected chi connectivity index (χ2v) is 12.7. The zero-order chi connectivity index (χ0) is 26.1. The Morgan fingerprint density at radius 1 is 0.694 bits per heavy atom. The zero-order valence-corrected chi connectivity index (χ0v) is 24.4. The van der Waals surface area contributed by atoms with Gasteiger partial charge < -0.3 is 9.47 Å². The van der Waals surface area contributed by atoms with E-state index in [0.717, 1.165) is 31.4 Å². The molecule has 0 fully saturated rings. The van der Waals surface area contributed by atoms with Crippen LogP contribution in [-0.2, 0) is 15.3 Å². The van der Waals surface area contributed by atoms with Gasteiger partial charge in [0.15, 0.2) is 0 Å². The zero-order valence-electron chi connectivity index (χ0n) is 20.4. The van der Waals surface area contributed by atoms with E-state index in [9.17, 15) is 8.42 Å². The Bertz CT molecular complexity index is 1490. The Morgan fingerprint density at radius 3 is 1.64 bits per heavy atom. The number of aryl methyl sites for hydroxylation is 1. The van der Waals surface area contributed by atoms with Crippen molar-refractivity contribution in [2.75, 3.05) is 7.11 Å². The molecular formula is C29H26Br2O4S. The molecule has 0 amide bonds. The van der Waals surface area contributed by atoms with Gasteiger partial charge in [-0.25, -0.2) is 8.42 Å². The maximum atomic E-state index is 12.9. The van der Waals surface area contributed by atoms with E-state index in [2.05, 4.69) is 57.8 Å². The first-order chi connectivity index (χ1) is 17.0. The number of sulfone groups is 1. The van der Waals surface area contributed by atoms with E-state index in [0.29, 0.717) is 11.5 Å². The fourth-order valence-corrected chi connectivity index (χ4v) is 6.12. The van der Waals surface area contributed by atoms with E-state index in [1.54, 1.807) is 55.6 Å². The number of rotatable bonds is 7. The highest BCUT2D eigenvalue weighted by atomic mass is 79.9. The maximum Gasteiger partial charge on any atom is 0.206 e. The van der Waals surface area contributed by atoms with E-state index >= 15 is 0 Å². The molecule has 0 radical (unpaired) electrons. The highest BCUT2D eigenvalue weighted by molar-refractivity contribution is 9.10. The van der Waals surface area contributed by atoms with Crippen LogP contribution in [0.25, 0.3) is 0 Å². The molecule has 0 spiro atoms. The van der Waals surface area contributed by atoms with Crippen LogP contribution in [0, 0.1) is 6.92 Å². The Kier molecular flexibility index (Phi) is 7.64. The Morgan fingerprint density at radius 2 is 1.17 bits per heavy atom. The third-order valence-corrected chi connectivity index (χ3v) is 9.25. The first-order valence-electron chi connectivity index (χ1n) is 11.3. The van der Waals surface area contributed by atoms with Crippen molar-refractivity contribution in [3.05, 3.63) is 111 Å². The molecule has 0 atom stereocenters. The Labute approximate surface area is 229 Å². The molecule has 4 aromatic rings. The van der Waals surface area contributed by atoms with Gasteiger partial charge in [0.2, 0.25) is 9.84 Å². The third-order valence-electron chi connectivity index (χ3n) is 6.22. The molecule has 4 rings (SSSR count). The molecule has 0 bridgehead atoms. The summed E-state index contributed by atoms with van der Waals surface area (Å²) in [6.07, 6.45) is 0. The molecule has 0 N–H and O–H groups in total. The van der Waals surface area contributed by atoms with Gasteiger partial charge in [-0.05, 0) is 111 Å². The van der Waals surface area contributed by atoms with Gasteiger partial charge in [-0.2, -0.15) is 0 Å². The van der Waals surface area contributed by atoms with Crippen LogP contribution in [0.1, 0.15) is 30.5 Å². The first kappa shape index (κ1) is 26.5. The molecule has 0 saturated heterocycles. The second-order valence-electron chi connectivity index (χ2n) is 9.01. The van der Waals surface area contributed by atoms with Crippen molar-refractivity contribution in [2.24, 2.45) is 0 Å². The maximum absolute atomic E-state index is 12.9. The Balaban J connectivity index is 1.54. The molecular weight excluding hydrogens is 604 g/mol. The number of ether oxygens (including phenoxy) is 2. The van der Waals surface area contributed by atoms with Crippen molar-refractivity contribution in [1.82, 2.24) is 0 Å². The lowest BCUT2D eigenvalue weighted by atomic mass is 9.78. The van der Waals surface area contributed by atoms with Gasteiger partial charge in [0, 0.05) is 5.41 Å². The summed E-state index contributed by atoms with van der Waals surface area (Å²) in [5, 5.41) is 0. The fraction of sp³-hybridized carbons (Fsp3) is 0.172. The van der Waals surface area contributed by atoms with Gasteiger partial charge in [-0.15, -0.1) is 0 Å². The molecule has 0 aliphatic rings. The molecule has 0 aliphatic heterocycles. The highest BCUT2D eigenvalue weighted by Crippen LogP contribution is 2.39. The molecule has 7 heteroatoms. The average Bonchev–Trinajstić information content (AvgIpc) is 2.85. The van der Waals surface area contributed by atoms with E-state index in [4.69, 9.17) is 9.47 Å². The van der Waals surface area contributed by atoms with Crippen LogP contribution >= 0.6 is 31.9 Å². The van der Waals surface area contributed by atoms with E-state index < -0.39 is 9.84 Å². The largest absolute Gasteiger partial charge is 0.496 e. The topological polar surface area (TPSA) is 52.6 Å². The number of hydrogen-bond donors (Lipinski definition) is 0. The first-order valence-corrected chi connectivity index (χ1v) is 14.3. The van der Waals surface area contributed by atoms with Crippen molar-refractivity contribution in [1.29, 1.82) is 0 Å². The molecule has 4 aromatic carbocycles. The molecule has 0 unspecified atom stereocenters. The van der Waals surface area contributed by atoms with Crippen molar-refractivity contribution >= 4 is 41.7 Å². The van der Waals surface area contributed by atoms with Crippen LogP contribution in [0.4, 0.5) is 0 Å². The summed E-state index contributed by atoms with van der Waals surface area (Å²) < 4.78 is 39.0. The average molecular weight is 630 g/mol. The summed E-state index contributed by atoms with van der Waals surface area (Å²) in [7, 11) is -1.94. The number of halogens is 2. The van der Waals surface area contributed by atoms with Crippen molar-refractivity contribution in [2.45, 2.75) is 36.0 Å². The monoisotopic (exact) mass is 628 g/mol. The van der Waals surface area contributed by atoms with Gasteiger partial charge in [-0.1, -0.05) is 43.7 Å². The van der Waals surface area contributed by atoms with E-state index in [1.165, 1.54) is 0 Å². The normalized spacial score (nSPS) is 11.8. The van der Waals surface area contributed by atoms with Crippen molar-refractivity contribution < 1.29 is 17.9 Å². The molecule has 36 heavy (non-hydrogen) atoms. The van der Waals surface area contributed by atoms with Gasteiger partial charge >= 0.3 is 0 Å². The summed E-state index contributed by atoms with van der Waals surface area (Å²) in [4.78, 5) is 0.493. The van der Waals surface area contributed by atoms with Gasteiger partial charge in [0.25, 0.3) is 0 Å². The molecule has 186 valence electrons. The lowest BCUT2D eigenvalue weighted by Crippen LogP contribution is -2.19. The molecule has 0 aliphatic carbocycles. The van der Waals surface area contributed by atoms with Crippen LogP contribution in [0.3, 0.4) is 0 Å². The summed E-state index contributed by atoms with van der Waals surface area (Å²) in [5.41, 5.74) is 3.00. The van der Waals surface area contributed by atoms with E-state index in [-0.39, 0.29) is 15.2 Å². The van der Waals surface area contributed by atoms with Crippen LogP contribution in [-0.4, -0.2) is 15.5 Å². The van der Waals surface area contributed by atoms with Crippen LogP contribution in [0.15, 0.2) is 104 Å². The van der Waals surface area contributed by atoms with Crippen LogP contribution in [0.2, 0.25) is 0 Å². The number of methoxy groups -OCH3 is 1. The van der Waals surface area contributed by atoms with Crippen molar-refractivity contribution in [3.8, 4) is 17.2 Å². The lowest BCUT2D eigenvalue weighted by Gasteiger charge is -2.27. The van der Waals surface area contributed by atoms with Gasteiger partial charge in [-0.3, -0.25) is 0 Å². The van der Waals surface area contributed by atoms with Crippen LogP contribution in [0.5, 0.6) is 17.2 Å². The standard InChI is InChI=1S/C29H26Br2O4S/c1-19-5-11-23(12-6-19)36(32,33)24-13-9-22(10-14-24)35-28-16-8-21(18-26(28)31)29(2,3)20-7-15-27(34-4)25(30)17-20/h5-18H,1-4H3. The minimum absolute atomic E-state index is 0.223. The molecule has 0 aromatic heterocycles. The SMILES string of the molecule is COc1ccc(C(C)(C)c2ccc(Oc3ccc(S(=O)(=O)c4ccc(C)cc4)cc3)c(Br)c2)cc1Br. The van der Waals surface area contributed by atoms with Gasteiger partial charge in [0.1, 0.15) is 17.2 Å². The smallest absolute Gasteiger partial charge is 0.206 e. The van der Waals surface area contributed by atoms with Gasteiger partial charge in [0.05, 0.1) is 25.8 Å². The molecule has 0 heterocycles. The number of hydrogen-bond acceptors (Lipinski definition) is 4. The summed E-state index contributed by atoms with van der Waals surface area (Å²) >= 11 is 7.22. The summed E-state index contributed by atoms with van der Waals surface area (Å²) in [6.45, 7) is 6.25. The third kappa shape index (κ3) is 5.38. The predicted molar refractivity (Wildman–Crippen MR) is 150 cm³/mol. The van der Waals surface area contributed by atoms with Crippen molar-refractivity contribution in [3.63, 3.8) is 0 Å². The quantitative estimate of drug-likeness (QED) is 0.206. The second kappa shape index (κ2) is 10.4. The highest BCUT2D eigenvalue weighted by Gasteiger charge is 2.25. The molecule has 0 saturated carbocycles. The Hall–Kier alpha value is -2.61. The predicted octanol–water partition coefficient (Wildman–Crippen LogP) is 8.48. The minimum Gasteiger partial charge on any atom is -0.496 e. The fourth-order valence-electron chi connectivity index (χ4n) is 3.86. The minimum atomic E-state index is -3.59. The van der Waals surface area contributed by atoms with Crippen LogP contribution < -0.4 is 9.47 Å². The summed E-state index contributed by atoms with van der Waals surface area (Å²) in [5.74, 6) is 1.97.